The number of carbonyl (C=O) groups excluding carboxylic acids is 2. The van der Waals surface area contributed by atoms with E-state index in [0.29, 0.717) is 34.9 Å². The van der Waals surface area contributed by atoms with E-state index in [2.05, 4.69) is 52.5 Å². The Kier molecular flexibility index (Phi) is 9.18. The maximum absolute atomic E-state index is 12.4. The van der Waals surface area contributed by atoms with Gasteiger partial charge in [-0.1, -0.05) is 56.1 Å². The van der Waals surface area contributed by atoms with E-state index in [1.54, 1.807) is 0 Å². The summed E-state index contributed by atoms with van der Waals surface area (Å²) in [7, 11) is 0. The average Bonchev–Trinajstić information content (AvgIpc) is 3.89. The van der Waals surface area contributed by atoms with Crippen molar-refractivity contribution < 1.29 is 9.59 Å². The fourth-order valence-corrected chi connectivity index (χ4v) is 6.52. The largest absolute Gasteiger partial charge is 0.355 e. The third-order valence-corrected chi connectivity index (χ3v) is 8.70. The second-order valence-electron chi connectivity index (χ2n) is 11.3. The van der Waals surface area contributed by atoms with Crippen molar-refractivity contribution in [2.45, 2.75) is 12.8 Å². The van der Waals surface area contributed by atoms with Gasteiger partial charge in [-0.15, -0.1) is 0 Å². The molecule has 0 atom stereocenters. The van der Waals surface area contributed by atoms with Crippen LogP contribution >= 0.6 is 31.9 Å². The van der Waals surface area contributed by atoms with Crippen molar-refractivity contribution in [3.05, 3.63) is 108 Å². The molecule has 8 nitrogen and oxygen atoms in total. The number of amides is 2. The van der Waals surface area contributed by atoms with E-state index >= 15 is 0 Å². The third kappa shape index (κ3) is 6.95. The molecule has 0 unspecified atom stereocenters. The fourth-order valence-electron chi connectivity index (χ4n) is 5.80. The summed E-state index contributed by atoms with van der Waals surface area (Å²) in [6.07, 6.45) is 8.78. The van der Waals surface area contributed by atoms with Gasteiger partial charge < -0.3 is 20.6 Å². The highest BCUT2D eigenvalue weighted by molar-refractivity contribution is 9.09. The zero-order chi connectivity index (χ0) is 33.0. The summed E-state index contributed by atoms with van der Waals surface area (Å²) >= 11 is 6.69. The Balaban J connectivity index is 1.49. The molecule has 2 amide bonds. The Labute approximate surface area is 293 Å². The number of aromatic nitrogens is 4. The van der Waals surface area contributed by atoms with Gasteiger partial charge in [0, 0.05) is 68.1 Å². The van der Waals surface area contributed by atoms with Crippen LogP contribution in [0.15, 0.2) is 84.9 Å². The fraction of sp³-hybridized carbons (Fsp3) is 0.105. The Bertz CT molecular complexity index is 2130. The number of hydrogen-bond donors (Lipinski definition) is 4. The first kappa shape index (κ1) is 31.5. The zero-order valence-corrected chi connectivity index (χ0v) is 28.9. The van der Waals surface area contributed by atoms with Gasteiger partial charge in [0.2, 0.25) is 11.8 Å². The first-order valence-corrected chi connectivity index (χ1v) is 17.7. The van der Waals surface area contributed by atoms with Gasteiger partial charge >= 0.3 is 0 Å². The molecule has 5 aromatic rings. The number of alkyl halides is 2. The second kappa shape index (κ2) is 14.0. The summed E-state index contributed by atoms with van der Waals surface area (Å²) in [4.78, 5) is 42.1. The number of nitrogens with zero attached hydrogens (tertiary/aromatic N) is 2. The predicted molar refractivity (Wildman–Crippen MR) is 204 cm³/mol. The van der Waals surface area contributed by atoms with Gasteiger partial charge in [0.25, 0.3) is 0 Å². The molecule has 8 bridgehead atoms. The number of fused-ring (bicyclic) bond motifs is 8. The van der Waals surface area contributed by atoms with E-state index in [-0.39, 0.29) is 11.8 Å². The third-order valence-electron chi connectivity index (χ3n) is 7.91. The number of anilines is 2. The van der Waals surface area contributed by atoms with Gasteiger partial charge in [0.05, 0.1) is 22.8 Å². The van der Waals surface area contributed by atoms with Gasteiger partial charge in [-0.05, 0) is 96.1 Å². The van der Waals surface area contributed by atoms with Crippen molar-refractivity contribution in [1.29, 1.82) is 0 Å². The summed E-state index contributed by atoms with van der Waals surface area (Å²) in [5, 5.41) is 7.18. The molecule has 0 fully saturated rings. The van der Waals surface area contributed by atoms with E-state index in [0.717, 1.165) is 67.1 Å². The Morgan fingerprint density at radius 2 is 1.06 bits per heavy atom. The van der Waals surface area contributed by atoms with E-state index in [1.807, 2.05) is 109 Å². The second-order valence-corrected chi connectivity index (χ2v) is 12.9. The van der Waals surface area contributed by atoms with E-state index in [9.17, 15) is 9.59 Å². The summed E-state index contributed by atoms with van der Waals surface area (Å²) < 4.78 is 0. The molecular formula is C38H30Br2N6O2. The molecule has 0 saturated heterocycles. The molecule has 4 N–H and O–H groups in total. The lowest BCUT2D eigenvalue weighted by Crippen LogP contribution is -2.11. The summed E-state index contributed by atoms with van der Waals surface area (Å²) in [5.41, 5.74) is 11.7. The van der Waals surface area contributed by atoms with E-state index in [1.165, 1.54) is 0 Å². The monoisotopic (exact) mass is 760 g/mol. The quantitative estimate of drug-likeness (QED) is 0.116. The summed E-state index contributed by atoms with van der Waals surface area (Å²) in [5.74, 6) is -0.127. The molecule has 48 heavy (non-hydrogen) atoms. The van der Waals surface area contributed by atoms with Crippen molar-refractivity contribution in [2.24, 2.45) is 0 Å². The standard InChI is InChI=1S/C38H30Br2N6O2/c39-17-15-35(47)44-25-5-1-3-23(19-25)37-31-11-9-29(42-31)21-27-7-8-28(41-27)22-30-10-12-32(43-30)38(34-14-13-33(37)46-34)24-4-2-6-26(20-24)45-36(48)16-18-40/h1-14,19-22,42-43H,15-18H2,(H,44,47)(H,45,48). The summed E-state index contributed by atoms with van der Waals surface area (Å²) in [6.45, 7) is 0. The lowest BCUT2D eigenvalue weighted by atomic mass is 10.0. The van der Waals surface area contributed by atoms with Crippen LogP contribution in [0.25, 0.3) is 68.6 Å². The van der Waals surface area contributed by atoms with Crippen molar-refractivity contribution in [3.63, 3.8) is 0 Å². The normalized spacial score (nSPS) is 11.9. The van der Waals surface area contributed by atoms with Crippen LogP contribution in [0.3, 0.4) is 0 Å². The van der Waals surface area contributed by atoms with Crippen LogP contribution in [0.4, 0.5) is 11.4 Å². The van der Waals surface area contributed by atoms with Crippen LogP contribution in [0.5, 0.6) is 0 Å². The van der Waals surface area contributed by atoms with Gasteiger partial charge in [0.15, 0.2) is 0 Å². The number of H-pyrrole nitrogens is 2. The number of aromatic amines is 2. The number of nitrogens with one attached hydrogen (secondary N) is 4. The molecule has 238 valence electrons. The van der Waals surface area contributed by atoms with Crippen LogP contribution in [0.1, 0.15) is 35.6 Å². The Hall–Kier alpha value is -5.06. The van der Waals surface area contributed by atoms with Crippen LogP contribution in [-0.4, -0.2) is 42.4 Å². The molecule has 10 heteroatoms. The number of carbonyl (C=O) groups is 2. The van der Waals surface area contributed by atoms with Crippen LogP contribution < -0.4 is 10.6 Å². The van der Waals surface area contributed by atoms with Crippen molar-refractivity contribution in [1.82, 2.24) is 19.9 Å². The molecule has 2 aromatic carbocycles. The molecule has 2 aliphatic rings. The van der Waals surface area contributed by atoms with E-state index < -0.39 is 0 Å². The highest BCUT2D eigenvalue weighted by atomic mass is 79.9. The highest BCUT2D eigenvalue weighted by Crippen LogP contribution is 2.35. The maximum atomic E-state index is 12.4. The van der Waals surface area contributed by atoms with Crippen LogP contribution in [0, 0.1) is 0 Å². The topological polar surface area (TPSA) is 116 Å². The molecule has 2 aliphatic heterocycles. The molecular weight excluding hydrogens is 732 g/mol. The van der Waals surface area contributed by atoms with Gasteiger partial charge in [0.1, 0.15) is 0 Å². The highest BCUT2D eigenvalue weighted by Gasteiger charge is 2.16. The van der Waals surface area contributed by atoms with Crippen molar-refractivity contribution in [3.8, 4) is 22.3 Å². The first-order valence-electron chi connectivity index (χ1n) is 15.5. The van der Waals surface area contributed by atoms with E-state index in [4.69, 9.17) is 9.97 Å². The Morgan fingerprint density at radius 3 is 1.52 bits per heavy atom. The molecule has 3 aromatic heterocycles. The lowest BCUT2D eigenvalue weighted by molar-refractivity contribution is -0.116. The smallest absolute Gasteiger partial charge is 0.225 e. The summed E-state index contributed by atoms with van der Waals surface area (Å²) in [6, 6.07) is 27.8. The predicted octanol–water partition coefficient (Wildman–Crippen LogP) is 9.44. The number of halogens is 2. The minimum atomic E-state index is -0.0634. The zero-order valence-electron chi connectivity index (χ0n) is 25.7. The minimum absolute atomic E-state index is 0.0634. The maximum Gasteiger partial charge on any atom is 0.225 e. The first-order chi connectivity index (χ1) is 23.4. The molecule has 0 spiro atoms. The molecule has 0 aliphatic carbocycles. The van der Waals surface area contributed by atoms with Gasteiger partial charge in [-0.2, -0.15) is 0 Å². The molecule has 5 heterocycles. The van der Waals surface area contributed by atoms with Gasteiger partial charge in [-0.3, -0.25) is 9.59 Å². The lowest BCUT2D eigenvalue weighted by Gasteiger charge is -2.09. The average molecular weight is 763 g/mol. The van der Waals surface area contributed by atoms with Crippen molar-refractivity contribution >= 4 is 101 Å². The van der Waals surface area contributed by atoms with Crippen LogP contribution in [0.2, 0.25) is 0 Å². The number of benzene rings is 2. The van der Waals surface area contributed by atoms with Crippen molar-refractivity contribution in [2.75, 3.05) is 21.3 Å². The van der Waals surface area contributed by atoms with Gasteiger partial charge in [-0.25, -0.2) is 9.97 Å². The molecule has 0 radical (unpaired) electrons. The molecule has 0 saturated carbocycles. The van der Waals surface area contributed by atoms with Crippen LogP contribution in [-0.2, 0) is 9.59 Å². The minimum Gasteiger partial charge on any atom is -0.355 e. The Morgan fingerprint density at radius 1 is 0.583 bits per heavy atom. The number of hydrogen-bond acceptors (Lipinski definition) is 4. The number of rotatable bonds is 8. The molecule has 7 rings (SSSR count). The SMILES string of the molecule is O=C(CCBr)Nc1cccc(-c2c3nc(c(-c4cccc(NC(=O)CCBr)c4)c4ccc(cc5nc(cc6ccc2[nH]6)C=C5)[nH]4)C=C3)c1.